The summed E-state index contributed by atoms with van der Waals surface area (Å²) in [4.78, 5) is 0. The second kappa shape index (κ2) is 2.89. The van der Waals surface area contributed by atoms with Gasteiger partial charge in [0.05, 0.1) is 0 Å². The molecule has 0 aliphatic heterocycles. The van der Waals surface area contributed by atoms with E-state index >= 15 is 0 Å². The Morgan fingerprint density at radius 3 is 1.00 bits per heavy atom. The van der Waals surface area contributed by atoms with Gasteiger partial charge in [-0.3, -0.25) is 0 Å². The highest BCUT2D eigenvalue weighted by Crippen LogP contribution is 2.26. The van der Waals surface area contributed by atoms with Gasteiger partial charge in [0.2, 0.25) is 0 Å². The average molecular weight is 152 g/mol. The first-order chi connectivity index (χ1) is 3.25. The minimum Gasteiger partial charge on any atom is -0.325 e. The Bertz CT molecular complexity index is 63.9. The molecular weight excluding hydrogens is 134 g/mol. The third kappa shape index (κ3) is 3.77. The summed E-state index contributed by atoms with van der Waals surface area (Å²) < 4.78 is 0. The Hall–Kier alpha value is 0.250. The lowest BCUT2D eigenvalue weighted by atomic mass is 9.77. The van der Waals surface area contributed by atoms with Crippen LogP contribution in [0, 0.1) is 5.41 Å². The molecule has 0 saturated carbocycles. The van der Waals surface area contributed by atoms with Crippen molar-refractivity contribution in [2.45, 2.75) is 40.2 Å². The Morgan fingerprint density at radius 2 is 1.00 bits per heavy atom. The van der Waals surface area contributed by atoms with Gasteiger partial charge >= 0.3 is 0 Å². The number of rotatable bonds is 0. The fourth-order valence-electron chi connectivity index (χ4n) is 0. The fourth-order valence-corrected chi connectivity index (χ4v) is 0. The standard InChI is InChI=1S/C7H17N.ClH/c1-6(2,3)7(4,5)8;/h8H2,1-5H3;1H. The van der Waals surface area contributed by atoms with E-state index in [1.54, 1.807) is 0 Å². The summed E-state index contributed by atoms with van der Waals surface area (Å²) in [7, 11) is 0. The topological polar surface area (TPSA) is 26.0 Å². The van der Waals surface area contributed by atoms with Gasteiger partial charge in [-0.25, -0.2) is 0 Å². The molecular formula is C7H18ClN. The molecule has 0 aromatic carbocycles. The molecule has 0 aromatic heterocycles. The molecule has 2 N–H and O–H groups in total. The third-order valence-corrected chi connectivity index (χ3v) is 1.93. The van der Waals surface area contributed by atoms with Crippen molar-refractivity contribution in [1.82, 2.24) is 0 Å². The number of hydrogen-bond acceptors (Lipinski definition) is 1. The molecule has 0 aliphatic rings. The van der Waals surface area contributed by atoms with Crippen molar-refractivity contribution in [3.63, 3.8) is 0 Å². The lowest BCUT2D eigenvalue weighted by molar-refractivity contribution is 0.230. The molecule has 0 unspecified atom stereocenters. The quantitative estimate of drug-likeness (QED) is 0.565. The summed E-state index contributed by atoms with van der Waals surface area (Å²) in [5.41, 5.74) is 5.97. The molecule has 0 aliphatic carbocycles. The molecule has 0 bridgehead atoms. The van der Waals surface area contributed by atoms with Crippen LogP contribution in [0.5, 0.6) is 0 Å². The fraction of sp³-hybridized carbons (Fsp3) is 1.00. The van der Waals surface area contributed by atoms with E-state index in [0.29, 0.717) is 0 Å². The molecule has 0 atom stereocenters. The average Bonchev–Trinajstić information content (AvgIpc) is 1.25. The van der Waals surface area contributed by atoms with E-state index in [1.807, 2.05) is 13.8 Å². The van der Waals surface area contributed by atoms with E-state index in [9.17, 15) is 0 Å². The predicted octanol–water partition coefficient (Wildman–Crippen LogP) is 2.19. The first-order valence-corrected chi connectivity index (χ1v) is 3.04. The normalized spacial score (nSPS) is 12.7. The predicted molar refractivity (Wildman–Crippen MR) is 45.0 cm³/mol. The van der Waals surface area contributed by atoms with Crippen LogP contribution in [0.1, 0.15) is 34.6 Å². The Labute approximate surface area is 64.4 Å². The summed E-state index contributed by atoms with van der Waals surface area (Å²) in [5.74, 6) is 0. The molecule has 0 amide bonds. The van der Waals surface area contributed by atoms with E-state index in [0.717, 1.165) is 0 Å². The van der Waals surface area contributed by atoms with Gasteiger partial charge in [0, 0.05) is 5.54 Å². The van der Waals surface area contributed by atoms with Crippen molar-refractivity contribution in [1.29, 1.82) is 0 Å². The van der Waals surface area contributed by atoms with E-state index < -0.39 is 0 Å². The molecule has 0 spiro atoms. The number of halogens is 1. The summed E-state index contributed by atoms with van der Waals surface area (Å²) in [6, 6.07) is 0. The molecule has 0 fully saturated rings. The maximum absolute atomic E-state index is 5.81. The minimum atomic E-state index is -0.0625. The highest BCUT2D eigenvalue weighted by Gasteiger charge is 2.27. The zero-order valence-corrected chi connectivity index (χ0v) is 7.80. The second-order valence-corrected chi connectivity index (χ2v) is 3.97. The molecule has 2 heteroatoms. The molecule has 0 radical (unpaired) electrons. The van der Waals surface area contributed by atoms with Crippen molar-refractivity contribution in [3.05, 3.63) is 0 Å². The smallest absolute Gasteiger partial charge is 0.0146 e. The van der Waals surface area contributed by atoms with Crippen molar-refractivity contribution in [3.8, 4) is 0 Å². The molecule has 0 rings (SSSR count). The van der Waals surface area contributed by atoms with Gasteiger partial charge in [0.15, 0.2) is 0 Å². The van der Waals surface area contributed by atoms with E-state index in [1.165, 1.54) is 0 Å². The summed E-state index contributed by atoms with van der Waals surface area (Å²) in [6.45, 7) is 10.5. The third-order valence-electron chi connectivity index (χ3n) is 1.93. The Kier molecular flexibility index (Phi) is 3.85. The molecule has 1 nitrogen and oxygen atoms in total. The van der Waals surface area contributed by atoms with Crippen LogP contribution in [-0.4, -0.2) is 5.54 Å². The maximum Gasteiger partial charge on any atom is 0.0146 e. The minimum absolute atomic E-state index is 0. The first kappa shape index (κ1) is 12.0. The molecule has 58 valence electrons. The van der Waals surface area contributed by atoms with Crippen LogP contribution in [0.15, 0.2) is 0 Å². The highest BCUT2D eigenvalue weighted by atomic mass is 35.5. The van der Waals surface area contributed by atoms with Gasteiger partial charge in [0.25, 0.3) is 0 Å². The van der Waals surface area contributed by atoms with Crippen LogP contribution in [-0.2, 0) is 0 Å². The second-order valence-electron chi connectivity index (χ2n) is 3.97. The van der Waals surface area contributed by atoms with Crippen LogP contribution in [0.4, 0.5) is 0 Å². The Balaban J connectivity index is 0. The summed E-state index contributed by atoms with van der Waals surface area (Å²) >= 11 is 0. The zero-order valence-electron chi connectivity index (χ0n) is 6.99. The van der Waals surface area contributed by atoms with Gasteiger partial charge in [-0.05, 0) is 19.3 Å². The van der Waals surface area contributed by atoms with Gasteiger partial charge in [0.1, 0.15) is 0 Å². The van der Waals surface area contributed by atoms with Crippen molar-refractivity contribution in [2.24, 2.45) is 11.1 Å². The first-order valence-electron chi connectivity index (χ1n) is 3.04. The van der Waals surface area contributed by atoms with Crippen LogP contribution in [0.2, 0.25) is 0 Å². The molecule has 0 saturated heterocycles. The van der Waals surface area contributed by atoms with E-state index in [-0.39, 0.29) is 23.4 Å². The van der Waals surface area contributed by atoms with Crippen molar-refractivity contribution >= 4 is 12.4 Å². The van der Waals surface area contributed by atoms with Gasteiger partial charge < -0.3 is 5.73 Å². The van der Waals surface area contributed by atoms with Gasteiger partial charge in [-0.2, -0.15) is 0 Å². The largest absolute Gasteiger partial charge is 0.325 e. The lowest BCUT2D eigenvalue weighted by Gasteiger charge is -2.34. The van der Waals surface area contributed by atoms with E-state index in [2.05, 4.69) is 20.8 Å². The highest BCUT2D eigenvalue weighted by molar-refractivity contribution is 5.85. The van der Waals surface area contributed by atoms with Gasteiger partial charge in [-0.15, -0.1) is 12.4 Å². The SMILES string of the molecule is CC(C)(C)C(C)(C)N.Cl. The monoisotopic (exact) mass is 151 g/mol. The number of nitrogens with two attached hydrogens (primary N) is 1. The summed E-state index contributed by atoms with van der Waals surface area (Å²) in [6.07, 6.45) is 0. The molecule has 9 heavy (non-hydrogen) atoms. The molecule has 0 heterocycles. The van der Waals surface area contributed by atoms with Crippen LogP contribution < -0.4 is 5.73 Å². The lowest BCUT2D eigenvalue weighted by Crippen LogP contribution is -2.45. The van der Waals surface area contributed by atoms with E-state index in [4.69, 9.17) is 5.73 Å². The molecule has 0 aromatic rings. The van der Waals surface area contributed by atoms with Crippen LogP contribution >= 0.6 is 12.4 Å². The van der Waals surface area contributed by atoms with Crippen molar-refractivity contribution in [2.75, 3.05) is 0 Å². The summed E-state index contributed by atoms with van der Waals surface area (Å²) in [5, 5.41) is 0. The van der Waals surface area contributed by atoms with Gasteiger partial charge in [-0.1, -0.05) is 20.8 Å². The number of hydrogen-bond donors (Lipinski definition) is 1. The maximum atomic E-state index is 5.81. The Morgan fingerprint density at radius 1 is 0.889 bits per heavy atom. The van der Waals surface area contributed by atoms with Crippen LogP contribution in [0.25, 0.3) is 0 Å². The zero-order chi connectivity index (χ0) is 7.00. The van der Waals surface area contributed by atoms with Crippen LogP contribution in [0.3, 0.4) is 0 Å². The van der Waals surface area contributed by atoms with Crippen molar-refractivity contribution < 1.29 is 0 Å².